The Bertz CT molecular complexity index is 312. The second-order valence-corrected chi connectivity index (χ2v) is 3.25. The molecule has 13 heavy (non-hydrogen) atoms. The van der Waals surface area contributed by atoms with Crippen molar-refractivity contribution in [2.24, 2.45) is 0 Å². The van der Waals surface area contributed by atoms with Crippen molar-refractivity contribution in [3.63, 3.8) is 0 Å². The number of rotatable bonds is 3. The van der Waals surface area contributed by atoms with Gasteiger partial charge >= 0.3 is 0 Å². The Balaban J connectivity index is 1.98. The predicted octanol–water partition coefficient (Wildman–Crippen LogP) is 2.26. The smallest absolute Gasteiger partial charge is 0.145 e. The van der Waals surface area contributed by atoms with E-state index < -0.39 is 5.82 Å². The van der Waals surface area contributed by atoms with Crippen molar-refractivity contribution in [3.05, 3.63) is 29.0 Å². The standard InChI is InChI=1S/C9H8ClFO2/c10-8-2-1-6(3-9(8)11)12-4-7-5-13-7/h1-3,7H,4-5H2/t7-/m0/s1. The summed E-state index contributed by atoms with van der Waals surface area (Å²) in [5, 5.41) is 0.107. The third-order valence-corrected chi connectivity index (χ3v) is 2.04. The van der Waals surface area contributed by atoms with Crippen molar-refractivity contribution < 1.29 is 13.9 Å². The van der Waals surface area contributed by atoms with Crippen LogP contribution in [0.15, 0.2) is 18.2 Å². The van der Waals surface area contributed by atoms with Crippen LogP contribution in [0.25, 0.3) is 0 Å². The Hall–Kier alpha value is -0.800. The van der Waals surface area contributed by atoms with Gasteiger partial charge in [0.25, 0.3) is 0 Å². The molecule has 2 nitrogen and oxygen atoms in total. The molecule has 0 radical (unpaired) electrons. The van der Waals surface area contributed by atoms with Crippen LogP contribution in [0.2, 0.25) is 5.02 Å². The molecule has 2 rings (SSSR count). The molecule has 0 spiro atoms. The number of ether oxygens (including phenoxy) is 2. The fourth-order valence-electron chi connectivity index (χ4n) is 0.920. The summed E-state index contributed by atoms with van der Waals surface area (Å²) in [5.41, 5.74) is 0. The van der Waals surface area contributed by atoms with E-state index in [4.69, 9.17) is 21.1 Å². The van der Waals surface area contributed by atoms with E-state index in [2.05, 4.69) is 0 Å². The number of halogens is 2. The molecule has 4 heteroatoms. The van der Waals surface area contributed by atoms with E-state index >= 15 is 0 Å². The Morgan fingerprint density at radius 1 is 1.62 bits per heavy atom. The van der Waals surface area contributed by atoms with Crippen LogP contribution in [-0.2, 0) is 4.74 Å². The minimum Gasteiger partial charge on any atom is -0.491 e. The van der Waals surface area contributed by atoms with Crippen molar-refractivity contribution in [2.75, 3.05) is 13.2 Å². The lowest BCUT2D eigenvalue weighted by Crippen LogP contribution is -2.03. The average molecular weight is 203 g/mol. The minimum atomic E-state index is -0.462. The molecule has 0 saturated carbocycles. The largest absolute Gasteiger partial charge is 0.491 e. The first-order valence-electron chi connectivity index (χ1n) is 3.95. The molecule has 1 aromatic rings. The Morgan fingerprint density at radius 2 is 2.38 bits per heavy atom. The maximum Gasteiger partial charge on any atom is 0.145 e. The summed E-state index contributed by atoms with van der Waals surface area (Å²) in [7, 11) is 0. The predicted molar refractivity (Wildman–Crippen MR) is 46.6 cm³/mol. The first-order chi connectivity index (χ1) is 6.25. The van der Waals surface area contributed by atoms with Gasteiger partial charge in [0, 0.05) is 6.07 Å². The quantitative estimate of drug-likeness (QED) is 0.702. The van der Waals surface area contributed by atoms with E-state index in [0.29, 0.717) is 12.4 Å². The van der Waals surface area contributed by atoms with Gasteiger partial charge < -0.3 is 9.47 Å². The zero-order valence-electron chi connectivity index (χ0n) is 6.80. The van der Waals surface area contributed by atoms with E-state index in [1.807, 2.05) is 0 Å². The van der Waals surface area contributed by atoms with E-state index in [-0.39, 0.29) is 11.1 Å². The van der Waals surface area contributed by atoms with Crippen LogP contribution in [0.5, 0.6) is 5.75 Å². The van der Waals surface area contributed by atoms with Crippen LogP contribution in [0.1, 0.15) is 0 Å². The third kappa shape index (κ3) is 2.32. The number of epoxide rings is 1. The number of hydrogen-bond acceptors (Lipinski definition) is 2. The highest BCUT2D eigenvalue weighted by Gasteiger charge is 2.23. The lowest BCUT2D eigenvalue weighted by Gasteiger charge is -2.03. The normalized spacial score (nSPS) is 20.0. The molecule has 0 aliphatic carbocycles. The molecule has 1 fully saturated rings. The summed E-state index contributed by atoms with van der Waals surface area (Å²) in [6.07, 6.45) is 0.179. The van der Waals surface area contributed by atoms with Crippen LogP contribution in [-0.4, -0.2) is 19.3 Å². The van der Waals surface area contributed by atoms with Crippen molar-refractivity contribution >= 4 is 11.6 Å². The molecule has 70 valence electrons. The second kappa shape index (κ2) is 3.52. The Morgan fingerprint density at radius 3 is 3.00 bits per heavy atom. The van der Waals surface area contributed by atoms with E-state index in [0.717, 1.165) is 6.61 Å². The summed E-state index contributed by atoms with van der Waals surface area (Å²) in [6, 6.07) is 4.37. The van der Waals surface area contributed by atoms with Crippen LogP contribution < -0.4 is 4.74 Å². The maximum absolute atomic E-state index is 12.9. The van der Waals surface area contributed by atoms with Crippen molar-refractivity contribution in [1.82, 2.24) is 0 Å². The van der Waals surface area contributed by atoms with Gasteiger partial charge in [0.05, 0.1) is 11.6 Å². The van der Waals surface area contributed by atoms with Gasteiger partial charge in [-0.3, -0.25) is 0 Å². The molecule has 1 atom stereocenters. The van der Waals surface area contributed by atoms with Gasteiger partial charge in [-0.15, -0.1) is 0 Å². The molecule has 0 bridgehead atoms. The summed E-state index contributed by atoms with van der Waals surface area (Å²) < 4.78 is 23.1. The molecule has 0 N–H and O–H groups in total. The molecule has 1 aliphatic rings. The molecule has 1 heterocycles. The topological polar surface area (TPSA) is 21.8 Å². The molecular formula is C9H8ClFO2. The van der Waals surface area contributed by atoms with Crippen molar-refractivity contribution in [3.8, 4) is 5.75 Å². The van der Waals surface area contributed by atoms with E-state index in [9.17, 15) is 4.39 Å². The summed E-state index contributed by atoms with van der Waals surface area (Å²) in [4.78, 5) is 0. The van der Waals surface area contributed by atoms with Gasteiger partial charge in [-0.05, 0) is 12.1 Å². The van der Waals surface area contributed by atoms with E-state index in [1.54, 1.807) is 6.07 Å². The SMILES string of the molecule is Fc1cc(OC[C@H]2CO2)ccc1Cl. The third-order valence-electron chi connectivity index (χ3n) is 1.73. The number of hydrogen-bond donors (Lipinski definition) is 0. The fourth-order valence-corrected chi connectivity index (χ4v) is 1.04. The highest BCUT2D eigenvalue weighted by Crippen LogP contribution is 2.21. The Kier molecular flexibility index (Phi) is 2.38. The molecule has 0 amide bonds. The first kappa shape index (κ1) is 8.78. The van der Waals surface area contributed by atoms with Crippen LogP contribution in [0, 0.1) is 5.82 Å². The van der Waals surface area contributed by atoms with Crippen molar-refractivity contribution in [1.29, 1.82) is 0 Å². The van der Waals surface area contributed by atoms with Gasteiger partial charge in [-0.25, -0.2) is 4.39 Å². The summed E-state index contributed by atoms with van der Waals surface area (Å²) in [6.45, 7) is 1.21. The molecule has 1 aliphatic heterocycles. The summed E-state index contributed by atoms with van der Waals surface area (Å²) in [5.74, 6) is 0.0216. The molecule has 1 saturated heterocycles. The highest BCUT2D eigenvalue weighted by molar-refractivity contribution is 6.30. The molecule has 0 aromatic heterocycles. The minimum absolute atomic E-state index is 0.107. The van der Waals surface area contributed by atoms with Gasteiger partial charge in [-0.2, -0.15) is 0 Å². The first-order valence-corrected chi connectivity index (χ1v) is 4.33. The van der Waals surface area contributed by atoms with Gasteiger partial charge in [-0.1, -0.05) is 11.6 Å². The van der Waals surface area contributed by atoms with Gasteiger partial charge in [0.15, 0.2) is 0 Å². The van der Waals surface area contributed by atoms with Crippen LogP contribution >= 0.6 is 11.6 Å². The molecule has 0 unspecified atom stereocenters. The van der Waals surface area contributed by atoms with Crippen LogP contribution in [0.4, 0.5) is 4.39 Å². The van der Waals surface area contributed by atoms with Crippen molar-refractivity contribution in [2.45, 2.75) is 6.10 Å². The zero-order chi connectivity index (χ0) is 9.26. The maximum atomic E-state index is 12.9. The number of benzene rings is 1. The lowest BCUT2D eigenvalue weighted by atomic mass is 10.3. The molecular weight excluding hydrogens is 195 g/mol. The van der Waals surface area contributed by atoms with Gasteiger partial charge in [0.1, 0.15) is 24.3 Å². The average Bonchev–Trinajstić information content (AvgIpc) is 2.91. The van der Waals surface area contributed by atoms with E-state index in [1.165, 1.54) is 12.1 Å². The zero-order valence-corrected chi connectivity index (χ0v) is 7.55. The highest BCUT2D eigenvalue weighted by atomic mass is 35.5. The monoisotopic (exact) mass is 202 g/mol. The van der Waals surface area contributed by atoms with Gasteiger partial charge in [0.2, 0.25) is 0 Å². The second-order valence-electron chi connectivity index (χ2n) is 2.84. The summed E-state index contributed by atoms with van der Waals surface area (Å²) >= 11 is 5.50. The molecule has 1 aromatic carbocycles. The van der Waals surface area contributed by atoms with Crippen LogP contribution in [0.3, 0.4) is 0 Å². The lowest BCUT2D eigenvalue weighted by molar-refractivity contribution is 0.262. The Labute approximate surface area is 80.2 Å². The fraction of sp³-hybridized carbons (Fsp3) is 0.333.